The summed E-state index contributed by atoms with van der Waals surface area (Å²) in [5.41, 5.74) is 2.61. The molecule has 0 unspecified atom stereocenters. The number of aromatic amines is 1. The molecule has 4 nitrogen and oxygen atoms in total. The second-order valence-electron chi connectivity index (χ2n) is 6.02. The number of anilines is 1. The number of benzene rings is 2. The molecule has 0 saturated carbocycles. The molecule has 0 aliphatic carbocycles. The van der Waals surface area contributed by atoms with Gasteiger partial charge < -0.3 is 15.0 Å². The summed E-state index contributed by atoms with van der Waals surface area (Å²) in [4.78, 5) is 9.29. The average Bonchev–Trinajstić information content (AvgIpc) is 3.20. The Bertz CT molecular complexity index is 910. The lowest BCUT2D eigenvalue weighted by atomic mass is 10.2. The van der Waals surface area contributed by atoms with E-state index in [1.807, 2.05) is 24.3 Å². The number of aromatic nitrogens is 1. The van der Waals surface area contributed by atoms with Gasteiger partial charge in [-0.05, 0) is 31.0 Å². The number of hydrogen-bond donors (Lipinski definition) is 2. The quantitative estimate of drug-likeness (QED) is 0.704. The van der Waals surface area contributed by atoms with Crippen LogP contribution in [0, 0.1) is 5.82 Å². The molecule has 1 aliphatic rings. The van der Waals surface area contributed by atoms with Gasteiger partial charge in [0.2, 0.25) is 0 Å². The van der Waals surface area contributed by atoms with Gasteiger partial charge in [0.05, 0.1) is 16.9 Å². The van der Waals surface area contributed by atoms with Crippen molar-refractivity contribution in [3.8, 4) is 5.88 Å². The number of halogens is 1. The summed E-state index contributed by atoms with van der Waals surface area (Å²) >= 11 is 0. The monoisotopic (exact) mass is 323 g/mol. The minimum Gasteiger partial charge on any atom is -0.494 e. The molecule has 0 radical (unpaired) electrons. The minimum absolute atomic E-state index is 0.0640. The molecule has 1 aromatic heterocycles. The summed E-state index contributed by atoms with van der Waals surface area (Å²) in [7, 11) is 0. The van der Waals surface area contributed by atoms with Crippen LogP contribution in [0.2, 0.25) is 0 Å². The predicted molar refractivity (Wildman–Crippen MR) is 95.1 cm³/mol. The Balaban J connectivity index is 1.63. The van der Waals surface area contributed by atoms with Gasteiger partial charge in [-0.15, -0.1) is 0 Å². The van der Waals surface area contributed by atoms with Crippen molar-refractivity contribution in [1.29, 1.82) is 0 Å². The Morgan fingerprint density at radius 1 is 1.12 bits per heavy atom. The molecule has 4 rings (SSSR count). The van der Waals surface area contributed by atoms with Crippen LogP contribution in [0.15, 0.2) is 47.5 Å². The maximum atomic E-state index is 14.3. The smallest absolute Gasteiger partial charge is 0.198 e. The van der Waals surface area contributed by atoms with E-state index in [1.54, 1.807) is 18.3 Å². The lowest BCUT2D eigenvalue weighted by Gasteiger charge is -2.18. The van der Waals surface area contributed by atoms with Gasteiger partial charge in [-0.3, -0.25) is 4.99 Å². The topological polar surface area (TPSA) is 51.6 Å². The zero-order valence-electron chi connectivity index (χ0n) is 13.2. The van der Waals surface area contributed by atoms with Crippen molar-refractivity contribution < 1.29 is 9.50 Å². The largest absolute Gasteiger partial charge is 0.494 e. The zero-order chi connectivity index (χ0) is 16.5. The highest BCUT2D eigenvalue weighted by molar-refractivity contribution is 6.02. The van der Waals surface area contributed by atoms with Gasteiger partial charge in [0.1, 0.15) is 5.82 Å². The highest BCUT2D eigenvalue weighted by Crippen LogP contribution is 2.29. The molecule has 0 bridgehead atoms. The first-order valence-corrected chi connectivity index (χ1v) is 8.10. The van der Waals surface area contributed by atoms with Crippen LogP contribution in [-0.4, -0.2) is 29.4 Å². The van der Waals surface area contributed by atoms with Gasteiger partial charge in [0.25, 0.3) is 0 Å². The summed E-state index contributed by atoms with van der Waals surface area (Å²) in [5.74, 6) is -0.191. The van der Waals surface area contributed by atoms with Crippen LogP contribution in [-0.2, 0) is 0 Å². The second kappa shape index (κ2) is 6.00. The first-order chi connectivity index (χ1) is 11.7. The van der Waals surface area contributed by atoms with Gasteiger partial charge >= 0.3 is 0 Å². The van der Waals surface area contributed by atoms with E-state index in [9.17, 15) is 9.50 Å². The number of rotatable bonds is 3. The highest BCUT2D eigenvalue weighted by Gasteiger charge is 2.16. The van der Waals surface area contributed by atoms with Crippen LogP contribution in [0.1, 0.15) is 18.4 Å². The second-order valence-corrected chi connectivity index (χ2v) is 6.02. The Labute approximate surface area is 139 Å². The number of H-pyrrole nitrogens is 1. The van der Waals surface area contributed by atoms with Crippen molar-refractivity contribution in [2.24, 2.45) is 4.99 Å². The normalized spacial score (nSPS) is 15.0. The molecule has 122 valence electrons. The summed E-state index contributed by atoms with van der Waals surface area (Å²) in [6.45, 7) is 1.81. The molecule has 0 spiro atoms. The van der Waals surface area contributed by atoms with Crippen LogP contribution in [0.25, 0.3) is 10.9 Å². The van der Waals surface area contributed by atoms with Crippen LogP contribution in [0.3, 0.4) is 0 Å². The van der Waals surface area contributed by atoms with E-state index in [1.165, 1.54) is 6.07 Å². The molecular weight excluding hydrogens is 305 g/mol. The van der Waals surface area contributed by atoms with Gasteiger partial charge in [-0.2, -0.15) is 0 Å². The fourth-order valence-electron chi connectivity index (χ4n) is 3.21. The van der Waals surface area contributed by atoms with Crippen molar-refractivity contribution in [2.45, 2.75) is 12.8 Å². The molecule has 1 saturated heterocycles. The van der Waals surface area contributed by atoms with Crippen molar-refractivity contribution in [2.75, 3.05) is 18.0 Å². The van der Waals surface area contributed by atoms with Crippen molar-refractivity contribution in [3.05, 3.63) is 53.8 Å². The average molecular weight is 323 g/mol. The number of fused-ring (bicyclic) bond motifs is 1. The highest BCUT2D eigenvalue weighted by atomic mass is 19.1. The fourth-order valence-corrected chi connectivity index (χ4v) is 3.21. The third-order valence-corrected chi connectivity index (χ3v) is 4.45. The van der Waals surface area contributed by atoms with Gasteiger partial charge in [0, 0.05) is 36.3 Å². The van der Waals surface area contributed by atoms with E-state index >= 15 is 0 Å². The number of nitrogens with one attached hydrogen (secondary N) is 1. The third kappa shape index (κ3) is 2.62. The zero-order valence-corrected chi connectivity index (χ0v) is 13.2. The Kier molecular flexibility index (Phi) is 3.69. The van der Waals surface area contributed by atoms with Crippen LogP contribution in [0.5, 0.6) is 5.88 Å². The molecule has 1 fully saturated rings. The number of nitrogens with zero attached hydrogens (tertiary/aromatic N) is 2. The van der Waals surface area contributed by atoms with E-state index in [0.29, 0.717) is 16.9 Å². The Hall–Kier alpha value is -2.82. The lowest BCUT2D eigenvalue weighted by Crippen LogP contribution is -2.18. The van der Waals surface area contributed by atoms with E-state index < -0.39 is 0 Å². The molecule has 1 aliphatic heterocycles. The SMILES string of the molecule is Oc1[nH]c2ccccc2c1C=Nc1ccc(N2CCCC2)c(F)c1. The number of aromatic hydroxyl groups is 1. The standard InChI is InChI=1S/C19H18FN3O/c20-16-11-13(7-8-18(16)23-9-3-4-10-23)21-12-15-14-5-1-2-6-17(14)22-19(15)24/h1-2,5-8,11-12,22,24H,3-4,9-10H2. The summed E-state index contributed by atoms with van der Waals surface area (Å²) in [6, 6.07) is 12.6. The number of aliphatic imine (C=N–C) groups is 1. The van der Waals surface area contributed by atoms with E-state index in [-0.39, 0.29) is 11.7 Å². The number of hydrogen-bond acceptors (Lipinski definition) is 3. The molecule has 24 heavy (non-hydrogen) atoms. The van der Waals surface area contributed by atoms with Crippen LogP contribution in [0.4, 0.5) is 15.8 Å². The Morgan fingerprint density at radius 3 is 2.71 bits per heavy atom. The molecule has 0 atom stereocenters. The molecule has 3 aromatic rings. The predicted octanol–water partition coefficient (Wildman–Crippen LogP) is 4.36. The van der Waals surface area contributed by atoms with Crippen LogP contribution >= 0.6 is 0 Å². The van der Waals surface area contributed by atoms with Gasteiger partial charge in [-0.1, -0.05) is 18.2 Å². The molecule has 2 N–H and O–H groups in total. The summed E-state index contributed by atoms with van der Waals surface area (Å²) < 4.78 is 14.3. The van der Waals surface area contributed by atoms with E-state index in [0.717, 1.165) is 36.8 Å². The lowest BCUT2D eigenvalue weighted by molar-refractivity contribution is 0.457. The maximum Gasteiger partial charge on any atom is 0.198 e. The minimum atomic E-state index is -0.255. The van der Waals surface area contributed by atoms with Crippen molar-refractivity contribution in [1.82, 2.24) is 4.98 Å². The van der Waals surface area contributed by atoms with E-state index in [4.69, 9.17) is 0 Å². The van der Waals surface area contributed by atoms with Crippen molar-refractivity contribution >= 4 is 28.5 Å². The molecule has 2 aromatic carbocycles. The third-order valence-electron chi connectivity index (χ3n) is 4.45. The molecule has 5 heteroatoms. The summed E-state index contributed by atoms with van der Waals surface area (Å²) in [5, 5.41) is 10.9. The molecule has 2 heterocycles. The maximum absolute atomic E-state index is 14.3. The summed E-state index contributed by atoms with van der Waals surface area (Å²) in [6.07, 6.45) is 3.79. The fraction of sp³-hybridized carbons (Fsp3) is 0.211. The molecular formula is C19H18FN3O. The first-order valence-electron chi connectivity index (χ1n) is 8.10. The van der Waals surface area contributed by atoms with Gasteiger partial charge in [-0.25, -0.2) is 4.39 Å². The first kappa shape index (κ1) is 14.8. The van der Waals surface area contributed by atoms with Crippen LogP contribution < -0.4 is 4.90 Å². The molecule has 0 amide bonds. The Morgan fingerprint density at radius 2 is 1.92 bits per heavy atom. The van der Waals surface area contributed by atoms with E-state index in [2.05, 4.69) is 14.9 Å². The number of para-hydroxylation sites is 1. The van der Waals surface area contributed by atoms with Gasteiger partial charge in [0.15, 0.2) is 5.88 Å². The van der Waals surface area contributed by atoms with Crippen molar-refractivity contribution in [3.63, 3.8) is 0 Å².